The molecule has 8 heteroatoms. The summed E-state index contributed by atoms with van der Waals surface area (Å²) < 4.78 is 5.52. The van der Waals surface area contributed by atoms with Gasteiger partial charge in [0.15, 0.2) is 5.69 Å². The Morgan fingerprint density at radius 2 is 1.88 bits per heavy atom. The second-order valence-corrected chi connectivity index (χ2v) is 7.28. The zero-order chi connectivity index (χ0) is 17.5. The van der Waals surface area contributed by atoms with Crippen LogP contribution in [0.25, 0.3) is 0 Å². The normalized spacial score (nSPS) is 23.3. The van der Waals surface area contributed by atoms with Gasteiger partial charge in [0.2, 0.25) is 0 Å². The van der Waals surface area contributed by atoms with Crippen molar-refractivity contribution in [1.29, 1.82) is 0 Å². The molecule has 3 rings (SSSR count). The standard InChI is InChI=1S/C16H22N4O4/c1-16(2,3)24-15(23)20-10-4-5-11(20)9-19(8-10)12-6-13(14(21)22)18-17-7-12/h6-7,10-11H,4-5,8-9H2,1-3H3,(H,21,22). The van der Waals surface area contributed by atoms with Gasteiger partial charge in [0.1, 0.15) is 5.60 Å². The Bertz CT molecular complexity index is 644. The molecule has 2 bridgehead atoms. The number of hydrogen-bond acceptors (Lipinski definition) is 6. The predicted molar refractivity (Wildman–Crippen MR) is 86.1 cm³/mol. The number of aromatic carboxylic acids is 1. The van der Waals surface area contributed by atoms with Gasteiger partial charge in [-0.3, -0.25) is 4.90 Å². The van der Waals surface area contributed by atoms with Gasteiger partial charge in [-0.1, -0.05) is 0 Å². The Morgan fingerprint density at radius 1 is 1.25 bits per heavy atom. The first kappa shape index (κ1) is 16.5. The van der Waals surface area contributed by atoms with Gasteiger partial charge < -0.3 is 14.7 Å². The molecule has 2 aliphatic rings. The summed E-state index contributed by atoms with van der Waals surface area (Å²) >= 11 is 0. The number of ether oxygens (including phenoxy) is 1. The summed E-state index contributed by atoms with van der Waals surface area (Å²) in [6, 6.07) is 1.66. The molecular formula is C16H22N4O4. The molecule has 1 aromatic heterocycles. The fraction of sp³-hybridized carbons (Fsp3) is 0.625. The van der Waals surface area contributed by atoms with Gasteiger partial charge in [-0.2, -0.15) is 5.10 Å². The van der Waals surface area contributed by atoms with Crippen LogP contribution in [0.1, 0.15) is 44.1 Å². The number of piperazine rings is 1. The summed E-state index contributed by atoms with van der Waals surface area (Å²) in [5.74, 6) is -1.10. The fourth-order valence-corrected chi connectivity index (χ4v) is 3.36. The van der Waals surface area contributed by atoms with Gasteiger partial charge in [0.05, 0.1) is 24.0 Å². The monoisotopic (exact) mass is 334 g/mol. The van der Waals surface area contributed by atoms with E-state index in [1.54, 1.807) is 6.20 Å². The van der Waals surface area contributed by atoms with Crippen molar-refractivity contribution in [2.45, 2.75) is 51.3 Å². The molecule has 2 aliphatic heterocycles. The second kappa shape index (κ2) is 5.92. The van der Waals surface area contributed by atoms with Gasteiger partial charge in [0, 0.05) is 13.1 Å². The minimum Gasteiger partial charge on any atom is -0.476 e. The van der Waals surface area contributed by atoms with E-state index in [9.17, 15) is 9.59 Å². The molecule has 0 saturated carbocycles. The molecule has 0 radical (unpaired) electrons. The number of carbonyl (C=O) groups excluding carboxylic acids is 1. The number of carbonyl (C=O) groups is 2. The summed E-state index contributed by atoms with van der Waals surface area (Å²) in [5, 5.41) is 16.4. The van der Waals surface area contributed by atoms with Crippen LogP contribution in [0.5, 0.6) is 0 Å². The molecule has 8 nitrogen and oxygen atoms in total. The molecule has 0 spiro atoms. The van der Waals surface area contributed by atoms with E-state index in [0.717, 1.165) is 18.5 Å². The van der Waals surface area contributed by atoms with E-state index in [2.05, 4.69) is 15.1 Å². The van der Waals surface area contributed by atoms with E-state index in [1.807, 2.05) is 25.7 Å². The molecule has 2 fully saturated rings. The van der Waals surface area contributed by atoms with Crippen LogP contribution in [0.4, 0.5) is 10.5 Å². The molecule has 2 atom stereocenters. The molecule has 1 aromatic rings. The molecule has 3 heterocycles. The average Bonchev–Trinajstić information content (AvgIpc) is 2.76. The quantitative estimate of drug-likeness (QED) is 0.880. The van der Waals surface area contributed by atoms with E-state index in [4.69, 9.17) is 9.84 Å². The second-order valence-electron chi connectivity index (χ2n) is 7.28. The van der Waals surface area contributed by atoms with Crippen molar-refractivity contribution < 1.29 is 19.4 Å². The van der Waals surface area contributed by atoms with Gasteiger partial charge in [-0.05, 0) is 39.7 Å². The zero-order valence-electron chi connectivity index (χ0n) is 14.1. The van der Waals surface area contributed by atoms with Crippen molar-refractivity contribution in [3.05, 3.63) is 18.0 Å². The van der Waals surface area contributed by atoms with Crippen LogP contribution in [0.2, 0.25) is 0 Å². The first-order valence-electron chi connectivity index (χ1n) is 8.07. The largest absolute Gasteiger partial charge is 0.476 e. The third-order valence-electron chi connectivity index (χ3n) is 4.31. The van der Waals surface area contributed by atoms with Gasteiger partial charge in [-0.15, -0.1) is 5.10 Å². The number of amides is 1. The lowest BCUT2D eigenvalue weighted by Crippen LogP contribution is -2.56. The Morgan fingerprint density at radius 3 is 2.42 bits per heavy atom. The first-order chi connectivity index (χ1) is 11.2. The van der Waals surface area contributed by atoms with E-state index in [-0.39, 0.29) is 23.9 Å². The van der Waals surface area contributed by atoms with Crippen molar-refractivity contribution in [2.24, 2.45) is 0 Å². The van der Waals surface area contributed by atoms with Crippen molar-refractivity contribution >= 4 is 17.7 Å². The van der Waals surface area contributed by atoms with Gasteiger partial charge >= 0.3 is 12.1 Å². The van der Waals surface area contributed by atoms with E-state index < -0.39 is 11.6 Å². The Balaban J connectivity index is 1.74. The van der Waals surface area contributed by atoms with E-state index >= 15 is 0 Å². The molecule has 2 unspecified atom stereocenters. The van der Waals surface area contributed by atoms with Crippen LogP contribution in [0, 0.1) is 0 Å². The summed E-state index contributed by atoms with van der Waals surface area (Å²) in [6.07, 6.45) is 3.14. The SMILES string of the molecule is CC(C)(C)OC(=O)N1C2CCC1CN(c1cnnc(C(=O)O)c1)C2. The van der Waals surface area contributed by atoms with Gasteiger partial charge in [0.25, 0.3) is 0 Å². The van der Waals surface area contributed by atoms with E-state index in [0.29, 0.717) is 13.1 Å². The molecule has 2 saturated heterocycles. The molecule has 0 aromatic carbocycles. The summed E-state index contributed by atoms with van der Waals surface area (Å²) in [5.41, 5.74) is 0.136. The maximum atomic E-state index is 12.4. The van der Waals surface area contributed by atoms with Crippen LogP contribution in [0.3, 0.4) is 0 Å². The lowest BCUT2D eigenvalue weighted by atomic mass is 10.1. The molecule has 0 aliphatic carbocycles. The minimum absolute atomic E-state index is 0.0695. The lowest BCUT2D eigenvalue weighted by Gasteiger charge is -2.42. The predicted octanol–water partition coefficient (Wildman–Crippen LogP) is 1.76. The Hall–Kier alpha value is -2.38. The Labute approximate surface area is 140 Å². The van der Waals surface area contributed by atoms with Crippen LogP contribution >= 0.6 is 0 Å². The maximum Gasteiger partial charge on any atom is 0.410 e. The average molecular weight is 334 g/mol. The topological polar surface area (TPSA) is 95.9 Å². The summed E-state index contributed by atoms with van der Waals surface area (Å²) in [7, 11) is 0. The van der Waals surface area contributed by atoms with Crippen molar-refractivity contribution in [3.8, 4) is 0 Å². The maximum absolute atomic E-state index is 12.4. The summed E-state index contributed by atoms with van der Waals surface area (Å²) in [4.78, 5) is 27.4. The highest BCUT2D eigenvalue weighted by Crippen LogP contribution is 2.33. The van der Waals surface area contributed by atoms with Crippen molar-refractivity contribution in [3.63, 3.8) is 0 Å². The number of rotatable bonds is 2. The van der Waals surface area contributed by atoms with Crippen LogP contribution < -0.4 is 4.90 Å². The van der Waals surface area contributed by atoms with Crippen molar-refractivity contribution in [1.82, 2.24) is 15.1 Å². The van der Waals surface area contributed by atoms with E-state index in [1.165, 1.54) is 6.07 Å². The fourth-order valence-electron chi connectivity index (χ4n) is 3.36. The number of aromatic nitrogens is 2. The number of carboxylic acids is 1. The highest BCUT2D eigenvalue weighted by Gasteiger charge is 2.44. The third-order valence-corrected chi connectivity index (χ3v) is 4.31. The number of fused-ring (bicyclic) bond motifs is 2. The molecular weight excluding hydrogens is 312 g/mol. The smallest absolute Gasteiger partial charge is 0.410 e. The zero-order valence-corrected chi connectivity index (χ0v) is 14.1. The third kappa shape index (κ3) is 3.27. The van der Waals surface area contributed by atoms with Crippen LogP contribution in [-0.2, 0) is 4.74 Å². The highest BCUT2D eigenvalue weighted by molar-refractivity contribution is 5.86. The Kier molecular flexibility index (Phi) is 4.06. The number of nitrogens with zero attached hydrogens (tertiary/aromatic N) is 4. The lowest BCUT2D eigenvalue weighted by molar-refractivity contribution is 0.0123. The summed E-state index contributed by atoms with van der Waals surface area (Å²) in [6.45, 7) is 6.86. The number of carboxylic acid groups (broad SMARTS) is 1. The van der Waals surface area contributed by atoms with Gasteiger partial charge in [-0.25, -0.2) is 9.59 Å². The molecule has 130 valence electrons. The molecule has 1 N–H and O–H groups in total. The molecule has 1 amide bonds. The first-order valence-corrected chi connectivity index (χ1v) is 8.07. The minimum atomic E-state index is -1.10. The van der Waals surface area contributed by atoms with Crippen molar-refractivity contribution in [2.75, 3.05) is 18.0 Å². The number of anilines is 1. The van der Waals surface area contributed by atoms with Crippen LogP contribution in [-0.4, -0.2) is 63.0 Å². The molecule has 24 heavy (non-hydrogen) atoms. The van der Waals surface area contributed by atoms with Crippen LogP contribution in [0.15, 0.2) is 12.3 Å². The number of hydrogen-bond donors (Lipinski definition) is 1. The highest BCUT2D eigenvalue weighted by atomic mass is 16.6.